The Labute approximate surface area is 172 Å². The Morgan fingerprint density at radius 3 is 2.67 bits per heavy atom. The summed E-state index contributed by atoms with van der Waals surface area (Å²) in [5.74, 6) is -1.40. The van der Waals surface area contributed by atoms with E-state index in [2.05, 4.69) is 10.3 Å². The number of aromatic nitrogens is 1. The first-order valence-electron chi connectivity index (χ1n) is 9.10. The van der Waals surface area contributed by atoms with Gasteiger partial charge >= 0.3 is 5.97 Å². The van der Waals surface area contributed by atoms with Crippen molar-refractivity contribution in [2.45, 2.75) is 13.8 Å². The molecular weight excluding hydrogens is 386 g/mol. The number of hydrogen-bond donors (Lipinski definition) is 1. The standard InChI is InChI=1S/C22H19N3O5/c1-14-7-11-19(25(28)29)22(15(14)2)24-20(26)13-30-21(27)12-10-17-9-8-16-5-3-4-6-18(16)23-17/h3-12H,13H2,1-2H3,(H,24,26)/b12-10+. The number of rotatable bonds is 6. The first-order chi connectivity index (χ1) is 14.3. The van der Waals surface area contributed by atoms with Crippen LogP contribution in [0.15, 0.2) is 54.6 Å². The molecule has 0 aliphatic carbocycles. The van der Waals surface area contributed by atoms with Crippen molar-refractivity contribution in [3.63, 3.8) is 0 Å². The number of amides is 1. The van der Waals surface area contributed by atoms with Gasteiger partial charge in [-0.15, -0.1) is 0 Å². The molecule has 8 heteroatoms. The van der Waals surface area contributed by atoms with Crippen molar-refractivity contribution < 1.29 is 19.2 Å². The molecule has 0 unspecified atom stereocenters. The van der Waals surface area contributed by atoms with Gasteiger partial charge in [0.05, 0.1) is 16.1 Å². The highest BCUT2D eigenvalue weighted by Gasteiger charge is 2.19. The Hall–Kier alpha value is -4.07. The molecule has 1 amide bonds. The minimum Gasteiger partial charge on any atom is -0.452 e. The van der Waals surface area contributed by atoms with Crippen molar-refractivity contribution in [1.29, 1.82) is 0 Å². The number of aryl methyl sites for hydroxylation is 1. The Bertz CT molecular complexity index is 1170. The summed E-state index contributed by atoms with van der Waals surface area (Å²) in [5.41, 5.74) is 2.60. The van der Waals surface area contributed by atoms with Gasteiger partial charge in [0.1, 0.15) is 5.69 Å². The topological polar surface area (TPSA) is 111 Å². The molecule has 8 nitrogen and oxygen atoms in total. The van der Waals surface area contributed by atoms with Crippen LogP contribution in [0.4, 0.5) is 11.4 Å². The van der Waals surface area contributed by atoms with Crippen LogP contribution >= 0.6 is 0 Å². The second kappa shape index (κ2) is 8.95. The van der Waals surface area contributed by atoms with Crippen molar-refractivity contribution >= 4 is 40.2 Å². The molecule has 0 spiro atoms. The molecule has 0 bridgehead atoms. The van der Waals surface area contributed by atoms with E-state index < -0.39 is 23.4 Å². The fourth-order valence-electron chi connectivity index (χ4n) is 2.80. The summed E-state index contributed by atoms with van der Waals surface area (Å²) in [5, 5.41) is 14.6. The maximum absolute atomic E-state index is 12.1. The van der Waals surface area contributed by atoms with E-state index in [0.717, 1.165) is 16.5 Å². The number of carbonyl (C=O) groups is 2. The molecule has 1 N–H and O–H groups in total. The lowest BCUT2D eigenvalue weighted by Crippen LogP contribution is -2.21. The number of pyridine rings is 1. The Balaban J connectivity index is 1.61. The molecule has 0 fully saturated rings. The summed E-state index contributed by atoms with van der Waals surface area (Å²) in [4.78, 5) is 39.1. The van der Waals surface area contributed by atoms with Crippen LogP contribution in [-0.4, -0.2) is 28.4 Å². The number of nitrogens with one attached hydrogen (secondary N) is 1. The normalized spacial score (nSPS) is 10.9. The number of esters is 1. The highest BCUT2D eigenvalue weighted by molar-refractivity contribution is 5.97. The summed E-state index contributed by atoms with van der Waals surface area (Å²) in [7, 11) is 0. The Morgan fingerprint density at radius 2 is 1.90 bits per heavy atom. The highest BCUT2D eigenvalue weighted by Crippen LogP contribution is 2.30. The lowest BCUT2D eigenvalue weighted by Gasteiger charge is -2.11. The van der Waals surface area contributed by atoms with Gasteiger partial charge in [-0.05, 0) is 43.2 Å². The van der Waals surface area contributed by atoms with Crippen LogP contribution in [-0.2, 0) is 14.3 Å². The molecule has 2 aromatic carbocycles. The highest BCUT2D eigenvalue weighted by atomic mass is 16.6. The van der Waals surface area contributed by atoms with Gasteiger partial charge in [-0.3, -0.25) is 14.9 Å². The summed E-state index contributed by atoms with van der Waals surface area (Å²) in [6.07, 6.45) is 2.66. The first-order valence-corrected chi connectivity index (χ1v) is 9.10. The summed E-state index contributed by atoms with van der Waals surface area (Å²) >= 11 is 0. The Kier molecular flexibility index (Phi) is 6.17. The predicted octanol–water partition coefficient (Wildman–Crippen LogP) is 3.95. The maximum atomic E-state index is 12.1. The van der Waals surface area contributed by atoms with Gasteiger partial charge in [0.25, 0.3) is 11.6 Å². The van der Waals surface area contributed by atoms with Gasteiger partial charge in [0, 0.05) is 17.5 Å². The van der Waals surface area contributed by atoms with Crippen LogP contribution in [0.25, 0.3) is 17.0 Å². The number of fused-ring (bicyclic) bond motifs is 1. The molecular formula is C22H19N3O5. The fourth-order valence-corrected chi connectivity index (χ4v) is 2.80. The van der Waals surface area contributed by atoms with Crippen LogP contribution in [0.3, 0.4) is 0 Å². The van der Waals surface area contributed by atoms with Gasteiger partial charge < -0.3 is 10.1 Å². The third kappa shape index (κ3) is 4.85. The average molecular weight is 405 g/mol. The zero-order chi connectivity index (χ0) is 21.7. The summed E-state index contributed by atoms with van der Waals surface area (Å²) < 4.78 is 4.92. The van der Waals surface area contributed by atoms with Crippen LogP contribution < -0.4 is 5.32 Å². The van der Waals surface area contributed by atoms with Gasteiger partial charge in [0.15, 0.2) is 6.61 Å². The second-order valence-corrected chi connectivity index (χ2v) is 6.58. The molecule has 152 valence electrons. The molecule has 0 aliphatic rings. The maximum Gasteiger partial charge on any atom is 0.331 e. The zero-order valence-electron chi connectivity index (χ0n) is 16.4. The molecule has 0 atom stereocenters. The molecule has 1 aromatic heterocycles. The molecule has 0 saturated carbocycles. The van der Waals surface area contributed by atoms with Crippen molar-refractivity contribution in [2.24, 2.45) is 0 Å². The van der Waals surface area contributed by atoms with E-state index >= 15 is 0 Å². The molecule has 0 radical (unpaired) electrons. The number of carbonyl (C=O) groups excluding carboxylic acids is 2. The van der Waals surface area contributed by atoms with Crippen LogP contribution in [0, 0.1) is 24.0 Å². The number of nitrogens with zero attached hydrogens (tertiary/aromatic N) is 2. The number of anilines is 1. The molecule has 3 aromatic rings. The van der Waals surface area contributed by atoms with Crippen LogP contribution in [0.2, 0.25) is 0 Å². The van der Waals surface area contributed by atoms with Crippen molar-refractivity contribution in [1.82, 2.24) is 4.98 Å². The average Bonchev–Trinajstić information content (AvgIpc) is 2.73. The smallest absolute Gasteiger partial charge is 0.331 e. The molecule has 1 heterocycles. The lowest BCUT2D eigenvalue weighted by molar-refractivity contribution is -0.384. The third-order valence-corrected chi connectivity index (χ3v) is 4.53. The largest absolute Gasteiger partial charge is 0.452 e. The van der Waals surface area contributed by atoms with E-state index in [9.17, 15) is 19.7 Å². The van der Waals surface area contributed by atoms with E-state index in [1.807, 2.05) is 30.3 Å². The van der Waals surface area contributed by atoms with E-state index in [4.69, 9.17) is 4.74 Å². The number of para-hydroxylation sites is 1. The van der Waals surface area contributed by atoms with Crippen molar-refractivity contribution in [2.75, 3.05) is 11.9 Å². The number of benzene rings is 2. The predicted molar refractivity (Wildman–Crippen MR) is 113 cm³/mol. The summed E-state index contributed by atoms with van der Waals surface area (Å²) in [6.45, 7) is 2.88. The number of hydrogen-bond acceptors (Lipinski definition) is 6. The minimum absolute atomic E-state index is 0.0944. The number of ether oxygens (including phenoxy) is 1. The zero-order valence-corrected chi connectivity index (χ0v) is 16.4. The third-order valence-electron chi connectivity index (χ3n) is 4.53. The van der Waals surface area contributed by atoms with Gasteiger partial charge in [0.2, 0.25) is 0 Å². The molecule has 0 aliphatic heterocycles. The van der Waals surface area contributed by atoms with Crippen molar-refractivity contribution in [3.05, 3.63) is 81.5 Å². The van der Waals surface area contributed by atoms with E-state index in [1.54, 1.807) is 26.0 Å². The SMILES string of the molecule is Cc1ccc([N+](=O)[O-])c(NC(=O)COC(=O)/C=C/c2ccc3ccccc3n2)c1C. The van der Waals surface area contributed by atoms with E-state index in [0.29, 0.717) is 11.3 Å². The molecule has 0 saturated heterocycles. The van der Waals surface area contributed by atoms with E-state index in [1.165, 1.54) is 18.2 Å². The van der Waals surface area contributed by atoms with Crippen LogP contribution in [0.1, 0.15) is 16.8 Å². The molecule has 3 rings (SSSR count). The fraction of sp³-hybridized carbons (Fsp3) is 0.136. The monoisotopic (exact) mass is 405 g/mol. The van der Waals surface area contributed by atoms with Crippen LogP contribution in [0.5, 0.6) is 0 Å². The first kappa shape index (κ1) is 20.7. The van der Waals surface area contributed by atoms with Gasteiger partial charge in [-0.1, -0.05) is 30.3 Å². The van der Waals surface area contributed by atoms with Gasteiger partial charge in [-0.2, -0.15) is 0 Å². The van der Waals surface area contributed by atoms with E-state index in [-0.39, 0.29) is 11.4 Å². The quantitative estimate of drug-likeness (QED) is 0.288. The molecule has 30 heavy (non-hydrogen) atoms. The van der Waals surface area contributed by atoms with Gasteiger partial charge in [-0.25, -0.2) is 9.78 Å². The number of nitro groups is 1. The minimum atomic E-state index is -0.726. The number of nitro benzene ring substituents is 1. The summed E-state index contributed by atoms with van der Waals surface area (Å²) in [6, 6.07) is 14.2. The second-order valence-electron chi connectivity index (χ2n) is 6.58. The van der Waals surface area contributed by atoms with Crippen molar-refractivity contribution in [3.8, 4) is 0 Å². The Morgan fingerprint density at radius 1 is 1.13 bits per heavy atom. The lowest BCUT2D eigenvalue weighted by atomic mass is 10.1.